The Hall–Kier alpha value is -2.80. The first-order chi connectivity index (χ1) is 11.6. The van der Waals surface area contributed by atoms with Crippen molar-refractivity contribution < 1.29 is 18.8 Å². The van der Waals surface area contributed by atoms with Gasteiger partial charge >= 0.3 is 0 Å². The van der Waals surface area contributed by atoms with Gasteiger partial charge in [0.1, 0.15) is 0 Å². The number of carbonyl (C=O) groups is 3. The number of hydrogen-bond donors (Lipinski definition) is 3. The number of hydrazine groups is 1. The normalized spacial score (nSPS) is 10.0. The summed E-state index contributed by atoms with van der Waals surface area (Å²) in [7, 11) is 0. The summed E-state index contributed by atoms with van der Waals surface area (Å²) in [5.41, 5.74) is 4.85. The molecule has 0 atom stereocenters. The molecule has 0 aliphatic heterocycles. The molecule has 2 rings (SSSR count). The molecule has 0 bridgehead atoms. The molecule has 0 radical (unpaired) electrons. The van der Waals surface area contributed by atoms with Crippen molar-refractivity contribution in [2.24, 2.45) is 0 Å². The van der Waals surface area contributed by atoms with Crippen LogP contribution >= 0.6 is 11.6 Å². The summed E-state index contributed by atoms with van der Waals surface area (Å²) in [6.45, 7) is 0.311. The highest BCUT2D eigenvalue weighted by atomic mass is 35.5. The third-order valence-electron chi connectivity index (χ3n) is 3.05. The first-order valence-corrected chi connectivity index (χ1v) is 7.61. The molecule has 0 saturated heterocycles. The van der Waals surface area contributed by atoms with E-state index in [1.165, 1.54) is 6.26 Å². The molecule has 0 fully saturated rings. The summed E-state index contributed by atoms with van der Waals surface area (Å²) in [6, 6.07) is 9.67. The van der Waals surface area contributed by atoms with Crippen LogP contribution in [0.5, 0.6) is 0 Å². The van der Waals surface area contributed by atoms with E-state index >= 15 is 0 Å². The van der Waals surface area contributed by atoms with Gasteiger partial charge in [-0.25, -0.2) is 0 Å². The number of benzene rings is 1. The summed E-state index contributed by atoms with van der Waals surface area (Å²) in [6.07, 6.45) is 1.96. The SMILES string of the molecule is O=C(CCCNC(=O)c1ccco1)NNC(=O)c1ccccc1Cl. The molecule has 3 amide bonds. The molecule has 1 aromatic heterocycles. The highest BCUT2D eigenvalue weighted by Gasteiger charge is 2.11. The highest BCUT2D eigenvalue weighted by Crippen LogP contribution is 2.14. The van der Waals surface area contributed by atoms with E-state index in [4.69, 9.17) is 16.0 Å². The van der Waals surface area contributed by atoms with Crippen molar-refractivity contribution >= 4 is 29.3 Å². The van der Waals surface area contributed by atoms with Crippen LogP contribution in [0.2, 0.25) is 5.02 Å². The smallest absolute Gasteiger partial charge is 0.286 e. The topological polar surface area (TPSA) is 100 Å². The summed E-state index contributed by atoms with van der Waals surface area (Å²) >= 11 is 5.89. The van der Waals surface area contributed by atoms with E-state index in [0.29, 0.717) is 18.0 Å². The minimum absolute atomic E-state index is 0.140. The summed E-state index contributed by atoms with van der Waals surface area (Å²) in [4.78, 5) is 35.1. The van der Waals surface area contributed by atoms with Crippen LogP contribution in [0.25, 0.3) is 0 Å². The lowest BCUT2D eigenvalue weighted by atomic mass is 10.2. The summed E-state index contributed by atoms with van der Waals surface area (Å²) in [5, 5.41) is 2.92. The van der Waals surface area contributed by atoms with E-state index in [2.05, 4.69) is 16.2 Å². The number of furan rings is 1. The van der Waals surface area contributed by atoms with Crippen molar-refractivity contribution in [3.05, 3.63) is 59.0 Å². The first-order valence-electron chi connectivity index (χ1n) is 7.23. The largest absolute Gasteiger partial charge is 0.459 e. The fourth-order valence-corrected chi connectivity index (χ4v) is 2.07. The molecule has 1 heterocycles. The van der Waals surface area contributed by atoms with Gasteiger partial charge in [-0.2, -0.15) is 0 Å². The number of halogens is 1. The lowest BCUT2D eigenvalue weighted by Gasteiger charge is -2.08. The second-order valence-corrected chi connectivity index (χ2v) is 5.23. The minimum Gasteiger partial charge on any atom is -0.459 e. The van der Waals surface area contributed by atoms with Crippen molar-refractivity contribution in [2.45, 2.75) is 12.8 Å². The molecule has 0 saturated carbocycles. The highest BCUT2D eigenvalue weighted by molar-refractivity contribution is 6.33. The van der Waals surface area contributed by atoms with Crippen molar-refractivity contribution in [2.75, 3.05) is 6.54 Å². The van der Waals surface area contributed by atoms with Gasteiger partial charge in [-0.05, 0) is 30.7 Å². The Balaban J connectivity index is 1.64. The second-order valence-electron chi connectivity index (χ2n) is 4.82. The van der Waals surface area contributed by atoms with E-state index in [1.54, 1.807) is 36.4 Å². The number of rotatable bonds is 6. The van der Waals surface area contributed by atoms with E-state index in [0.717, 1.165) is 0 Å². The zero-order chi connectivity index (χ0) is 17.4. The van der Waals surface area contributed by atoms with Crippen LogP contribution in [0.3, 0.4) is 0 Å². The van der Waals surface area contributed by atoms with Gasteiger partial charge in [-0.15, -0.1) is 0 Å². The van der Waals surface area contributed by atoms with Gasteiger partial charge < -0.3 is 9.73 Å². The second kappa shape index (κ2) is 8.73. The Morgan fingerprint density at radius 3 is 2.50 bits per heavy atom. The Morgan fingerprint density at radius 1 is 1.00 bits per heavy atom. The molecule has 0 unspecified atom stereocenters. The van der Waals surface area contributed by atoms with Crippen LogP contribution in [-0.4, -0.2) is 24.3 Å². The Morgan fingerprint density at radius 2 is 1.79 bits per heavy atom. The van der Waals surface area contributed by atoms with Gasteiger partial charge in [0.25, 0.3) is 11.8 Å². The van der Waals surface area contributed by atoms with Crippen LogP contribution in [0.4, 0.5) is 0 Å². The number of amides is 3. The zero-order valence-corrected chi connectivity index (χ0v) is 13.4. The molecule has 7 nitrogen and oxygen atoms in total. The van der Waals surface area contributed by atoms with Gasteiger partial charge in [0.05, 0.1) is 16.8 Å². The molecule has 1 aromatic carbocycles. The van der Waals surface area contributed by atoms with Crippen LogP contribution in [0.15, 0.2) is 47.1 Å². The predicted molar refractivity (Wildman–Crippen MR) is 87.3 cm³/mol. The maximum absolute atomic E-state index is 11.8. The maximum Gasteiger partial charge on any atom is 0.286 e. The van der Waals surface area contributed by atoms with Crippen LogP contribution < -0.4 is 16.2 Å². The number of nitrogens with one attached hydrogen (secondary N) is 3. The predicted octanol–water partition coefficient (Wildman–Crippen LogP) is 1.90. The van der Waals surface area contributed by atoms with E-state index in [-0.39, 0.29) is 29.6 Å². The van der Waals surface area contributed by atoms with Crippen molar-refractivity contribution in [1.82, 2.24) is 16.2 Å². The van der Waals surface area contributed by atoms with Gasteiger partial charge in [0.15, 0.2) is 5.76 Å². The lowest BCUT2D eigenvalue weighted by Crippen LogP contribution is -2.41. The molecule has 0 aliphatic rings. The standard InChI is InChI=1S/C16H16ClN3O4/c17-12-6-2-1-5-11(12)15(22)20-19-14(21)8-3-9-18-16(23)13-7-4-10-24-13/h1-2,4-7,10H,3,8-9H2,(H,18,23)(H,19,21)(H,20,22). The molecule has 8 heteroatoms. The first kappa shape index (κ1) is 17.6. The monoisotopic (exact) mass is 349 g/mol. The lowest BCUT2D eigenvalue weighted by molar-refractivity contribution is -0.121. The van der Waals surface area contributed by atoms with Crippen LogP contribution in [0, 0.1) is 0 Å². The molecule has 3 N–H and O–H groups in total. The van der Waals surface area contributed by atoms with Crippen molar-refractivity contribution in [1.29, 1.82) is 0 Å². The Kier molecular flexibility index (Phi) is 6.39. The fraction of sp³-hybridized carbons (Fsp3) is 0.188. The summed E-state index contributed by atoms with van der Waals surface area (Å²) < 4.78 is 4.94. The molecular weight excluding hydrogens is 334 g/mol. The van der Waals surface area contributed by atoms with Crippen molar-refractivity contribution in [3.8, 4) is 0 Å². The van der Waals surface area contributed by atoms with Gasteiger partial charge in [0, 0.05) is 13.0 Å². The molecule has 24 heavy (non-hydrogen) atoms. The van der Waals surface area contributed by atoms with Gasteiger partial charge in [-0.1, -0.05) is 23.7 Å². The maximum atomic E-state index is 11.8. The Labute approximate surface area is 143 Å². The average Bonchev–Trinajstić information content (AvgIpc) is 3.11. The average molecular weight is 350 g/mol. The molecule has 0 spiro atoms. The molecule has 0 aliphatic carbocycles. The molecule has 2 aromatic rings. The summed E-state index contributed by atoms with van der Waals surface area (Å²) in [5.74, 6) is -0.999. The number of hydrogen-bond acceptors (Lipinski definition) is 4. The van der Waals surface area contributed by atoms with E-state index in [1.807, 2.05) is 0 Å². The van der Waals surface area contributed by atoms with E-state index in [9.17, 15) is 14.4 Å². The van der Waals surface area contributed by atoms with Gasteiger partial charge in [-0.3, -0.25) is 25.2 Å². The van der Waals surface area contributed by atoms with Gasteiger partial charge in [0.2, 0.25) is 5.91 Å². The van der Waals surface area contributed by atoms with Crippen molar-refractivity contribution in [3.63, 3.8) is 0 Å². The minimum atomic E-state index is -0.500. The van der Waals surface area contributed by atoms with E-state index < -0.39 is 5.91 Å². The third kappa shape index (κ3) is 5.13. The van der Waals surface area contributed by atoms with Crippen LogP contribution in [-0.2, 0) is 4.79 Å². The zero-order valence-electron chi connectivity index (χ0n) is 12.7. The molecular formula is C16H16ClN3O4. The fourth-order valence-electron chi connectivity index (χ4n) is 1.85. The van der Waals surface area contributed by atoms with Crippen LogP contribution in [0.1, 0.15) is 33.8 Å². The Bertz CT molecular complexity index is 716. The number of carbonyl (C=O) groups excluding carboxylic acids is 3. The quantitative estimate of drug-likeness (QED) is 0.547. The molecule has 126 valence electrons. The third-order valence-corrected chi connectivity index (χ3v) is 3.37.